The third kappa shape index (κ3) is 1.89. The van der Waals surface area contributed by atoms with Gasteiger partial charge in [0.1, 0.15) is 5.75 Å². The topological polar surface area (TPSA) is 35.2 Å². The molecule has 2 aromatic carbocycles. The number of nitrogen functional groups attached to an aromatic ring is 1. The number of benzene rings is 2. The third-order valence-corrected chi connectivity index (χ3v) is 2.38. The van der Waals surface area contributed by atoms with E-state index in [9.17, 15) is 0 Å². The lowest BCUT2D eigenvalue weighted by Crippen LogP contribution is -1.96. The van der Waals surface area contributed by atoms with Crippen LogP contribution in [0, 0.1) is 0 Å². The third-order valence-electron chi connectivity index (χ3n) is 2.38. The summed E-state index contributed by atoms with van der Waals surface area (Å²) >= 11 is 0. The predicted molar refractivity (Wildman–Crippen MR) is 64.1 cm³/mol. The lowest BCUT2D eigenvalue weighted by Gasteiger charge is -2.09. The van der Waals surface area contributed by atoms with Gasteiger partial charge in [-0.3, -0.25) is 0 Å². The summed E-state index contributed by atoms with van der Waals surface area (Å²) in [6, 6.07) is 11.9. The summed E-state index contributed by atoms with van der Waals surface area (Å²) in [6.45, 7) is 2.84. The first-order valence-corrected chi connectivity index (χ1v) is 5.23. The number of fused-ring (bicyclic) bond motifs is 1. The van der Waals surface area contributed by atoms with E-state index in [1.165, 1.54) is 0 Å². The molecule has 0 aromatic heterocycles. The SMILES string of the molecule is CCCOc1cccc2c(N)cccc12. The fourth-order valence-electron chi connectivity index (χ4n) is 1.64. The smallest absolute Gasteiger partial charge is 0.127 e. The first-order valence-electron chi connectivity index (χ1n) is 5.23. The predicted octanol–water partition coefficient (Wildman–Crippen LogP) is 3.21. The van der Waals surface area contributed by atoms with E-state index < -0.39 is 0 Å². The molecule has 15 heavy (non-hydrogen) atoms. The van der Waals surface area contributed by atoms with Crippen molar-refractivity contribution < 1.29 is 4.74 Å². The second-order valence-electron chi connectivity index (χ2n) is 3.55. The summed E-state index contributed by atoms with van der Waals surface area (Å²) < 4.78 is 5.67. The zero-order chi connectivity index (χ0) is 10.7. The second kappa shape index (κ2) is 4.22. The van der Waals surface area contributed by atoms with E-state index in [-0.39, 0.29) is 0 Å². The average molecular weight is 201 g/mol. The molecule has 0 radical (unpaired) electrons. The van der Waals surface area contributed by atoms with E-state index >= 15 is 0 Å². The van der Waals surface area contributed by atoms with Crippen LogP contribution in [0.1, 0.15) is 13.3 Å². The Morgan fingerprint density at radius 3 is 2.60 bits per heavy atom. The van der Waals surface area contributed by atoms with Gasteiger partial charge in [0.2, 0.25) is 0 Å². The van der Waals surface area contributed by atoms with Crippen LogP contribution in [0.15, 0.2) is 36.4 Å². The highest BCUT2D eigenvalue weighted by molar-refractivity contribution is 5.96. The van der Waals surface area contributed by atoms with Crippen LogP contribution in [0.25, 0.3) is 10.8 Å². The fraction of sp³-hybridized carbons (Fsp3) is 0.231. The molecule has 2 rings (SSSR count). The molecule has 0 bridgehead atoms. The maximum Gasteiger partial charge on any atom is 0.127 e. The van der Waals surface area contributed by atoms with E-state index in [4.69, 9.17) is 10.5 Å². The lowest BCUT2D eigenvalue weighted by atomic mass is 10.1. The molecule has 2 aromatic rings. The maximum absolute atomic E-state index is 5.90. The molecular formula is C13H15NO. The molecule has 2 nitrogen and oxygen atoms in total. The van der Waals surface area contributed by atoms with Gasteiger partial charge >= 0.3 is 0 Å². The molecule has 0 saturated heterocycles. The van der Waals surface area contributed by atoms with Crippen molar-refractivity contribution in [2.45, 2.75) is 13.3 Å². The minimum Gasteiger partial charge on any atom is -0.493 e. The first kappa shape index (κ1) is 9.84. The van der Waals surface area contributed by atoms with Crippen LogP contribution in [0.5, 0.6) is 5.75 Å². The van der Waals surface area contributed by atoms with E-state index in [1.54, 1.807) is 0 Å². The Bertz CT molecular complexity index is 465. The normalized spacial score (nSPS) is 10.5. The van der Waals surface area contributed by atoms with Crippen LogP contribution in [0.2, 0.25) is 0 Å². The molecule has 0 aliphatic rings. The van der Waals surface area contributed by atoms with Gasteiger partial charge in [-0.25, -0.2) is 0 Å². The van der Waals surface area contributed by atoms with Gasteiger partial charge in [-0.2, -0.15) is 0 Å². The Morgan fingerprint density at radius 2 is 1.80 bits per heavy atom. The van der Waals surface area contributed by atoms with Gasteiger partial charge in [0.05, 0.1) is 6.61 Å². The van der Waals surface area contributed by atoms with Crippen molar-refractivity contribution in [1.29, 1.82) is 0 Å². The molecule has 78 valence electrons. The average Bonchev–Trinajstić information content (AvgIpc) is 2.27. The van der Waals surface area contributed by atoms with Crippen LogP contribution in [0.4, 0.5) is 5.69 Å². The summed E-state index contributed by atoms with van der Waals surface area (Å²) in [7, 11) is 0. The minimum atomic E-state index is 0.744. The summed E-state index contributed by atoms with van der Waals surface area (Å²) in [5, 5.41) is 2.15. The summed E-state index contributed by atoms with van der Waals surface area (Å²) in [5.74, 6) is 0.918. The Balaban J connectivity index is 2.51. The molecule has 0 heterocycles. The number of nitrogens with two attached hydrogens (primary N) is 1. The Hall–Kier alpha value is -1.70. The van der Waals surface area contributed by atoms with Gasteiger partial charge in [0.15, 0.2) is 0 Å². The van der Waals surface area contributed by atoms with Crippen molar-refractivity contribution in [2.24, 2.45) is 0 Å². The van der Waals surface area contributed by atoms with Gasteiger partial charge in [-0.15, -0.1) is 0 Å². The van der Waals surface area contributed by atoms with E-state index in [1.807, 2.05) is 36.4 Å². The molecule has 0 atom stereocenters. The van der Waals surface area contributed by atoms with Crippen LogP contribution in [0.3, 0.4) is 0 Å². The molecule has 0 unspecified atom stereocenters. The highest BCUT2D eigenvalue weighted by atomic mass is 16.5. The standard InChI is InChI=1S/C13H15NO/c1-2-9-15-13-8-4-5-10-11(13)6-3-7-12(10)14/h3-8H,2,9,14H2,1H3. The highest BCUT2D eigenvalue weighted by Crippen LogP contribution is 2.29. The molecular weight excluding hydrogens is 186 g/mol. The van der Waals surface area contributed by atoms with Gasteiger partial charge in [-0.1, -0.05) is 31.2 Å². The number of anilines is 1. The lowest BCUT2D eigenvalue weighted by molar-refractivity contribution is 0.321. The largest absolute Gasteiger partial charge is 0.493 e. The molecule has 0 aliphatic carbocycles. The summed E-state index contributed by atoms with van der Waals surface area (Å²) in [5.41, 5.74) is 6.70. The first-order chi connectivity index (χ1) is 7.33. The highest BCUT2D eigenvalue weighted by Gasteiger charge is 2.02. The van der Waals surface area contributed by atoms with Gasteiger partial charge < -0.3 is 10.5 Å². The minimum absolute atomic E-state index is 0.744. The van der Waals surface area contributed by atoms with E-state index in [2.05, 4.69) is 6.92 Å². The van der Waals surface area contributed by atoms with Crippen molar-refractivity contribution in [3.05, 3.63) is 36.4 Å². The molecule has 2 N–H and O–H groups in total. The molecule has 0 aliphatic heterocycles. The van der Waals surface area contributed by atoms with Crippen LogP contribution in [-0.4, -0.2) is 6.61 Å². The number of ether oxygens (including phenoxy) is 1. The van der Waals surface area contributed by atoms with Crippen molar-refractivity contribution >= 4 is 16.5 Å². The van der Waals surface area contributed by atoms with Crippen LogP contribution in [-0.2, 0) is 0 Å². The Morgan fingerprint density at radius 1 is 1.07 bits per heavy atom. The van der Waals surface area contributed by atoms with E-state index in [0.29, 0.717) is 0 Å². The zero-order valence-corrected chi connectivity index (χ0v) is 8.86. The number of hydrogen-bond acceptors (Lipinski definition) is 2. The summed E-state index contributed by atoms with van der Waals surface area (Å²) in [4.78, 5) is 0. The van der Waals surface area contributed by atoms with Crippen molar-refractivity contribution in [3.63, 3.8) is 0 Å². The number of rotatable bonds is 3. The molecule has 2 heteroatoms. The van der Waals surface area contributed by atoms with Gasteiger partial charge in [0, 0.05) is 16.5 Å². The van der Waals surface area contributed by atoms with Crippen LogP contribution < -0.4 is 10.5 Å². The maximum atomic E-state index is 5.90. The van der Waals surface area contributed by atoms with Crippen molar-refractivity contribution in [3.8, 4) is 5.75 Å². The Kier molecular flexibility index (Phi) is 2.77. The van der Waals surface area contributed by atoms with Crippen LogP contribution >= 0.6 is 0 Å². The second-order valence-corrected chi connectivity index (χ2v) is 3.55. The van der Waals surface area contributed by atoms with Crippen molar-refractivity contribution in [1.82, 2.24) is 0 Å². The van der Waals surface area contributed by atoms with Crippen molar-refractivity contribution in [2.75, 3.05) is 12.3 Å². The number of hydrogen-bond donors (Lipinski definition) is 1. The van der Waals surface area contributed by atoms with Gasteiger partial charge in [0.25, 0.3) is 0 Å². The zero-order valence-electron chi connectivity index (χ0n) is 8.86. The molecule has 0 amide bonds. The molecule has 0 saturated carbocycles. The van der Waals surface area contributed by atoms with E-state index in [0.717, 1.165) is 35.2 Å². The fourth-order valence-corrected chi connectivity index (χ4v) is 1.64. The molecule has 0 fully saturated rings. The molecule has 0 spiro atoms. The monoisotopic (exact) mass is 201 g/mol. The quantitative estimate of drug-likeness (QED) is 0.774. The summed E-state index contributed by atoms with van der Waals surface area (Å²) in [6.07, 6.45) is 1.01. The van der Waals surface area contributed by atoms with Gasteiger partial charge in [-0.05, 0) is 18.6 Å². The Labute approximate surface area is 89.7 Å².